The van der Waals surface area contributed by atoms with Gasteiger partial charge in [-0.05, 0) is 25.0 Å². The molecule has 0 aromatic carbocycles. The second-order valence-electron chi connectivity index (χ2n) is 3.33. The molecule has 0 fully saturated rings. The Balaban J connectivity index is 2.71. The van der Waals surface area contributed by atoms with Gasteiger partial charge in [-0.15, -0.1) is 0 Å². The van der Waals surface area contributed by atoms with E-state index in [1.807, 2.05) is 26.0 Å². The fraction of sp³-hybridized carbons (Fsp3) is 0.364. The van der Waals surface area contributed by atoms with Crippen molar-refractivity contribution < 1.29 is 4.79 Å². The van der Waals surface area contributed by atoms with Crippen molar-refractivity contribution in [1.82, 2.24) is 4.98 Å². The van der Waals surface area contributed by atoms with Crippen LogP contribution in [0.25, 0.3) is 0 Å². The van der Waals surface area contributed by atoms with Crippen LogP contribution in [0.2, 0.25) is 0 Å². The van der Waals surface area contributed by atoms with Crippen molar-refractivity contribution in [1.29, 1.82) is 5.26 Å². The molecule has 1 heterocycles. The molecule has 0 spiro atoms. The summed E-state index contributed by atoms with van der Waals surface area (Å²) in [5.41, 5.74) is 1.60. The van der Waals surface area contributed by atoms with Gasteiger partial charge in [-0.1, -0.05) is 6.92 Å². The molecule has 1 aromatic rings. The Morgan fingerprint density at radius 2 is 2.40 bits per heavy atom. The molecule has 0 aliphatic heterocycles. The number of rotatable bonds is 3. The molecule has 1 aromatic heterocycles. The fourth-order valence-corrected chi connectivity index (χ4v) is 1.19. The highest BCUT2D eigenvalue weighted by molar-refractivity contribution is 5.93. The zero-order valence-electron chi connectivity index (χ0n) is 8.82. The third-order valence-electron chi connectivity index (χ3n) is 2.02. The molecular weight excluding hydrogens is 190 g/mol. The van der Waals surface area contributed by atoms with E-state index in [1.165, 1.54) is 0 Å². The second kappa shape index (κ2) is 5.11. The highest BCUT2D eigenvalue weighted by Crippen LogP contribution is 2.10. The van der Waals surface area contributed by atoms with E-state index in [0.29, 0.717) is 12.1 Å². The van der Waals surface area contributed by atoms with Gasteiger partial charge < -0.3 is 5.32 Å². The molecule has 1 amide bonds. The average molecular weight is 203 g/mol. The smallest absolute Gasteiger partial charge is 0.241 e. The largest absolute Gasteiger partial charge is 0.324 e. The first kappa shape index (κ1) is 11.2. The van der Waals surface area contributed by atoms with Gasteiger partial charge in [-0.25, -0.2) is 0 Å². The van der Waals surface area contributed by atoms with E-state index in [-0.39, 0.29) is 5.91 Å². The van der Waals surface area contributed by atoms with Gasteiger partial charge in [0.25, 0.3) is 0 Å². The fourth-order valence-electron chi connectivity index (χ4n) is 1.19. The van der Waals surface area contributed by atoms with Crippen molar-refractivity contribution in [3.05, 3.63) is 24.0 Å². The van der Waals surface area contributed by atoms with E-state index >= 15 is 0 Å². The third-order valence-corrected chi connectivity index (χ3v) is 2.02. The summed E-state index contributed by atoms with van der Waals surface area (Å²) in [6.45, 7) is 3.70. The summed E-state index contributed by atoms with van der Waals surface area (Å²) in [6, 6.07) is 3.77. The minimum Gasteiger partial charge on any atom is -0.324 e. The third kappa shape index (κ3) is 3.06. The topological polar surface area (TPSA) is 65.8 Å². The van der Waals surface area contributed by atoms with Crippen LogP contribution in [0.15, 0.2) is 18.5 Å². The predicted octanol–water partition coefficient (Wildman–Crippen LogP) is 1.88. The molecule has 4 nitrogen and oxygen atoms in total. The zero-order valence-corrected chi connectivity index (χ0v) is 8.82. The molecule has 1 N–H and O–H groups in total. The molecule has 1 unspecified atom stereocenters. The van der Waals surface area contributed by atoms with Crippen LogP contribution in [0.3, 0.4) is 0 Å². The van der Waals surface area contributed by atoms with Crippen LogP contribution in [0, 0.1) is 24.2 Å². The lowest BCUT2D eigenvalue weighted by atomic mass is 10.1. The summed E-state index contributed by atoms with van der Waals surface area (Å²) in [7, 11) is 0. The second-order valence-corrected chi connectivity index (χ2v) is 3.33. The summed E-state index contributed by atoms with van der Waals surface area (Å²) < 4.78 is 0. The summed E-state index contributed by atoms with van der Waals surface area (Å²) in [5, 5.41) is 11.4. The number of hydrogen-bond acceptors (Lipinski definition) is 3. The highest BCUT2D eigenvalue weighted by atomic mass is 16.1. The van der Waals surface area contributed by atoms with Crippen molar-refractivity contribution in [3.8, 4) is 6.07 Å². The van der Waals surface area contributed by atoms with Crippen molar-refractivity contribution in [2.45, 2.75) is 20.3 Å². The van der Waals surface area contributed by atoms with Gasteiger partial charge in [0.05, 0.1) is 18.0 Å². The van der Waals surface area contributed by atoms with Crippen molar-refractivity contribution in [2.75, 3.05) is 5.32 Å². The first-order valence-corrected chi connectivity index (χ1v) is 4.79. The number of aromatic nitrogens is 1. The maximum Gasteiger partial charge on any atom is 0.241 e. The van der Waals surface area contributed by atoms with Crippen LogP contribution in [-0.2, 0) is 4.79 Å². The Bertz CT molecular complexity index is 395. The molecule has 0 bridgehead atoms. The Hall–Kier alpha value is -1.89. The van der Waals surface area contributed by atoms with Crippen LogP contribution in [0.1, 0.15) is 18.9 Å². The number of nitrogens with zero attached hydrogens (tertiary/aromatic N) is 2. The minimum atomic E-state index is -0.592. The Morgan fingerprint density at radius 3 is 2.93 bits per heavy atom. The van der Waals surface area contributed by atoms with Gasteiger partial charge in [-0.3, -0.25) is 9.78 Å². The molecule has 0 aliphatic rings. The van der Waals surface area contributed by atoms with Crippen LogP contribution in [-0.4, -0.2) is 10.9 Å². The van der Waals surface area contributed by atoms with E-state index in [1.54, 1.807) is 12.4 Å². The van der Waals surface area contributed by atoms with Crippen LogP contribution in [0.5, 0.6) is 0 Å². The molecule has 4 heteroatoms. The first-order valence-electron chi connectivity index (χ1n) is 4.79. The van der Waals surface area contributed by atoms with Crippen molar-refractivity contribution >= 4 is 11.6 Å². The van der Waals surface area contributed by atoms with E-state index in [4.69, 9.17) is 5.26 Å². The SMILES string of the molecule is CCC(C#N)C(=O)Nc1cncc(C)c1. The number of hydrogen-bond donors (Lipinski definition) is 1. The molecule has 0 radical (unpaired) electrons. The van der Waals surface area contributed by atoms with Gasteiger partial charge in [-0.2, -0.15) is 5.26 Å². The number of anilines is 1. The first-order chi connectivity index (χ1) is 7.17. The van der Waals surface area contributed by atoms with E-state index < -0.39 is 5.92 Å². The zero-order chi connectivity index (χ0) is 11.3. The monoisotopic (exact) mass is 203 g/mol. The summed E-state index contributed by atoms with van der Waals surface area (Å²) >= 11 is 0. The molecule has 1 atom stereocenters. The number of amides is 1. The van der Waals surface area contributed by atoms with Crippen LogP contribution >= 0.6 is 0 Å². The van der Waals surface area contributed by atoms with Gasteiger partial charge in [0.15, 0.2) is 0 Å². The number of aryl methyl sites for hydroxylation is 1. The number of carbonyl (C=O) groups excluding carboxylic acids is 1. The minimum absolute atomic E-state index is 0.271. The quantitative estimate of drug-likeness (QED) is 0.815. The molecule has 0 saturated heterocycles. The molecule has 0 saturated carbocycles. The number of carbonyl (C=O) groups is 1. The summed E-state index contributed by atoms with van der Waals surface area (Å²) in [5.74, 6) is -0.863. The number of nitriles is 1. The lowest BCUT2D eigenvalue weighted by molar-refractivity contribution is -0.118. The van der Waals surface area contributed by atoms with Crippen molar-refractivity contribution in [2.24, 2.45) is 5.92 Å². The lowest BCUT2D eigenvalue weighted by Crippen LogP contribution is -2.20. The number of nitrogens with one attached hydrogen (secondary N) is 1. The normalized spacial score (nSPS) is 11.5. The van der Waals surface area contributed by atoms with E-state index in [0.717, 1.165) is 5.56 Å². The van der Waals surface area contributed by atoms with Gasteiger partial charge in [0, 0.05) is 6.20 Å². The van der Waals surface area contributed by atoms with Gasteiger partial charge in [0.1, 0.15) is 5.92 Å². The maximum atomic E-state index is 11.5. The van der Waals surface area contributed by atoms with Crippen LogP contribution in [0.4, 0.5) is 5.69 Å². The molecular formula is C11H13N3O. The average Bonchev–Trinajstić information content (AvgIpc) is 2.19. The lowest BCUT2D eigenvalue weighted by Gasteiger charge is -2.07. The molecule has 15 heavy (non-hydrogen) atoms. The highest BCUT2D eigenvalue weighted by Gasteiger charge is 2.15. The molecule has 0 aliphatic carbocycles. The molecule has 1 rings (SSSR count). The summed E-state index contributed by atoms with van der Waals surface area (Å²) in [4.78, 5) is 15.5. The standard InChI is InChI=1S/C11H13N3O/c1-3-9(5-12)11(15)14-10-4-8(2)6-13-7-10/h4,6-7,9H,3H2,1-2H3,(H,14,15). The summed E-state index contributed by atoms with van der Waals surface area (Å²) in [6.07, 6.45) is 3.79. The van der Waals surface area contributed by atoms with E-state index in [9.17, 15) is 4.79 Å². The molecule has 78 valence electrons. The Labute approximate surface area is 88.9 Å². The maximum absolute atomic E-state index is 11.5. The predicted molar refractivity (Wildman–Crippen MR) is 57.0 cm³/mol. The Morgan fingerprint density at radius 1 is 1.67 bits per heavy atom. The Kier molecular flexibility index (Phi) is 3.81. The van der Waals surface area contributed by atoms with E-state index in [2.05, 4.69) is 10.3 Å². The van der Waals surface area contributed by atoms with Crippen molar-refractivity contribution in [3.63, 3.8) is 0 Å². The van der Waals surface area contributed by atoms with Crippen LogP contribution < -0.4 is 5.32 Å². The van der Waals surface area contributed by atoms with Gasteiger partial charge in [0.2, 0.25) is 5.91 Å². The van der Waals surface area contributed by atoms with Gasteiger partial charge >= 0.3 is 0 Å². The number of pyridine rings is 1.